The highest BCUT2D eigenvalue weighted by molar-refractivity contribution is 6.10. The SMILES string of the molecule is COc1ccc(/C=C(\NC(=O)c2ccc(C)cc2)C(=O)Nc2ccc(C(=O)O)cc2)cc1. The molecule has 0 unspecified atom stereocenters. The Kier molecular flexibility index (Phi) is 7.02. The lowest BCUT2D eigenvalue weighted by Gasteiger charge is -2.12. The topological polar surface area (TPSA) is 105 Å². The lowest BCUT2D eigenvalue weighted by Crippen LogP contribution is -2.30. The van der Waals surface area contributed by atoms with E-state index < -0.39 is 17.8 Å². The van der Waals surface area contributed by atoms with Crippen molar-refractivity contribution in [3.8, 4) is 5.75 Å². The predicted molar refractivity (Wildman–Crippen MR) is 122 cm³/mol. The lowest BCUT2D eigenvalue weighted by molar-refractivity contribution is -0.113. The first kappa shape index (κ1) is 22.3. The number of carbonyl (C=O) groups excluding carboxylic acids is 2. The van der Waals surface area contributed by atoms with E-state index in [1.807, 2.05) is 19.1 Å². The predicted octanol–water partition coefficient (Wildman–Crippen LogP) is 4.11. The van der Waals surface area contributed by atoms with Crippen LogP contribution in [0.3, 0.4) is 0 Å². The number of anilines is 1. The Morgan fingerprint density at radius 2 is 1.44 bits per heavy atom. The smallest absolute Gasteiger partial charge is 0.335 e. The van der Waals surface area contributed by atoms with Gasteiger partial charge in [-0.1, -0.05) is 29.8 Å². The van der Waals surface area contributed by atoms with Gasteiger partial charge in [0, 0.05) is 11.3 Å². The molecule has 32 heavy (non-hydrogen) atoms. The van der Waals surface area contributed by atoms with Crippen LogP contribution in [0.4, 0.5) is 5.69 Å². The fourth-order valence-corrected chi connectivity index (χ4v) is 2.82. The molecule has 0 fully saturated rings. The number of amides is 2. The molecule has 0 bridgehead atoms. The van der Waals surface area contributed by atoms with E-state index in [-0.39, 0.29) is 11.3 Å². The number of hydrogen-bond donors (Lipinski definition) is 3. The lowest BCUT2D eigenvalue weighted by atomic mass is 10.1. The standard InChI is InChI=1S/C25H22N2O5/c1-16-3-7-18(8-4-16)23(28)27-22(15-17-5-13-21(32-2)14-6-17)24(29)26-20-11-9-19(10-12-20)25(30)31/h3-15H,1-2H3,(H,26,29)(H,27,28)(H,30,31)/b22-15-. The van der Waals surface area contributed by atoms with Gasteiger partial charge in [-0.15, -0.1) is 0 Å². The van der Waals surface area contributed by atoms with Gasteiger partial charge in [-0.3, -0.25) is 9.59 Å². The largest absolute Gasteiger partial charge is 0.497 e. The van der Waals surface area contributed by atoms with E-state index in [4.69, 9.17) is 9.84 Å². The maximum atomic E-state index is 12.9. The van der Waals surface area contributed by atoms with Crippen LogP contribution < -0.4 is 15.4 Å². The Morgan fingerprint density at radius 3 is 2.00 bits per heavy atom. The number of aromatic carboxylic acids is 1. The van der Waals surface area contributed by atoms with E-state index in [9.17, 15) is 14.4 Å². The quantitative estimate of drug-likeness (QED) is 0.489. The summed E-state index contributed by atoms with van der Waals surface area (Å²) in [5, 5.41) is 14.4. The summed E-state index contributed by atoms with van der Waals surface area (Å²) in [6.07, 6.45) is 1.55. The highest BCUT2D eigenvalue weighted by Crippen LogP contribution is 2.16. The van der Waals surface area contributed by atoms with Gasteiger partial charge in [-0.2, -0.15) is 0 Å². The number of methoxy groups -OCH3 is 1. The first-order valence-electron chi connectivity index (χ1n) is 9.74. The van der Waals surface area contributed by atoms with Gasteiger partial charge in [0.2, 0.25) is 0 Å². The summed E-state index contributed by atoms with van der Waals surface area (Å²) in [6.45, 7) is 1.92. The molecule has 2 amide bonds. The summed E-state index contributed by atoms with van der Waals surface area (Å²) in [6, 6.07) is 19.7. The second-order valence-corrected chi connectivity index (χ2v) is 6.99. The average Bonchev–Trinajstić information content (AvgIpc) is 2.79. The molecule has 3 N–H and O–H groups in total. The third-order valence-electron chi connectivity index (χ3n) is 4.62. The van der Waals surface area contributed by atoms with Crippen molar-refractivity contribution in [1.82, 2.24) is 5.32 Å². The Balaban J connectivity index is 1.86. The van der Waals surface area contributed by atoms with E-state index in [1.54, 1.807) is 49.6 Å². The molecule has 0 aliphatic rings. The van der Waals surface area contributed by atoms with Crippen LogP contribution in [0.25, 0.3) is 6.08 Å². The van der Waals surface area contributed by atoms with Gasteiger partial charge in [0.05, 0.1) is 12.7 Å². The van der Waals surface area contributed by atoms with E-state index in [1.165, 1.54) is 24.3 Å². The third kappa shape index (κ3) is 5.82. The molecule has 0 aliphatic carbocycles. The fourth-order valence-electron chi connectivity index (χ4n) is 2.82. The van der Waals surface area contributed by atoms with Crippen LogP contribution in [-0.4, -0.2) is 30.0 Å². The minimum atomic E-state index is -1.06. The summed E-state index contributed by atoms with van der Waals surface area (Å²) >= 11 is 0. The van der Waals surface area contributed by atoms with Gasteiger partial charge >= 0.3 is 5.97 Å². The number of carbonyl (C=O) groups is 3. The molecule has 0 aromatic heterocycles. The van der Waals surface area contributed by atoms with Crippen molar-refractivity contribution in [2.24, 2.45) is 0 Å². The molecule has 0 aliphatic heterocycles. The number of rotatable bonds is 7. The summed E-state index contributed by atoms with van der Waals surface area (Å²) in [5.74, 6) is -1.38. The molecular formula is C25H22N2O5. The van der Waals surface area contributed by atoms with E-state index in [0.29, 0.717) is 22.6 Å². The van der Waals surface area contributed by atoms with Gasteiger partial charge in [0.25, 0.3) is 11.8 Å². The van der Waals surface area contributed by atoms with Crippen LogP contribution in [-0.2, 0) is 4.79 Å². The number of hydrogen-bond acceptors (Lipinski definition) is 4. The second kappa shape index (κ2) is 10.1. The Morgan fingerprint density at radius 1 is 0.844 bits per heavy atom. The molecule has 0 atom stereocenters. The minimum Gasteiger partial charge on any atom is -0.497 e. The molecule has 3 rings (SSSR count). The zero-order chi connectivity index (χ0) is 23.1. The normalized spacial score (nSPS) is 10.9. The Bertz CT molecular complexity index is 1150. The van der Waals surface area contributed by atoms with E-state index in [2.05, 4.69) is 10.6 Å². The van der Waals surface area contributed by atoms with Crippen LogP contribution >= 0.6 is 0 Å². The number of benzene rings is 3. The molecule has 162 valence electrons. The highest BCUT2D eigenvalue weighted by Gasteiger charge is 2.15. The van der Waals surface area contributed by atoms with Gasteiger partial charge < -0.3 is 20.5 Å². The second-order valence-electron chi connectivity index (χ2n) is 6.99. The van der Waals surface area contributed by atoms with Gasteiger partial charge in [0.15, 0.2) is 0 Å². The van der Waals surface area contributed by atoms with Crippen molar-refractivity contribution < 1.29 is 24.2 Å². The molecule has 0 spiro atoms. The molecule has 0 heterocycles. The maximum absolute atomic E-state index is 12.9. The maximum Gasteiger partial charge on any atom is 0.335 e. The average molecular weight is 430 g/mol. The zero-order valence-electron chi connectivity index (χ0n) is 17.6. The molecule has 0 saturated carbocycles. The summed E-state index contributed by atoms with van der Waals surface area (Å²) < 4.78 is 5.15. The molecule has 0 radical (unpaired) electrons. The number of nitrogens with one attached hydrogen (secondary N) is 2. The minimum absolute atomic E-state index is 0.0306. The molecule has 7 heteroatoms. The highest BCUT2D eigenvalue weighted by atomic mass is 16.5. The third-order valence-corrected chi connectivity index (χ3v) is 4.62. The monoisotopic (exact) mass is 430 g/mol. The van der Waals surface area contributed by atoms with Crippen LogP contribution in [0.1, 0.15) is 31.8 Å². The zero-order valence-corrected chi connectivity index (χ0v) is 17.6. The molecule has 3 aromatic rings. The van der Waals surface area contributed by atoms with Crippen molar-refractivity contribution in [3.05, 3.63) is 101 Å². The van der Waals surface area contributed by atoms with Crippen LogP contribution in [0.2, 0.25) is 0 Å². The Labute approximate surface area is 185 Å². The van der Waals surface area contributed by atoms with Crippen LogP contribution in [0.15, 0.2) is 78.5 Å². The number of carboxylic acids is 1. The first-order valence-corrected chi connectivity index (χ1v) is 9.74. The van der Waals surface area contributed by atoms with Crippen LogP contribution in [0, 0.1) is 6.92 Å². The molecular weight excluding hydrogens is 408 g/mol. The van der Waals surface area contributed by atoms with Crippen molar-refractivity contribution in [2.75, 3.05) is 12.4 Å². The number of carboxylic acid groups (broad SMARTS) is 1. The van der Waals surface area contributed by atoms with Crippen molar-refractivity contribution in [1.29, 1.82) is 0 Å². The molecule has 0 saturated heterocycles. The fraction of sp³-hybridized carbons (Fsp3) is 0.0800. The van der Waals surface area contributed by atoms with E-state index in [0.717, 1.165) is 5.56 Å². The van der Waals surface area contributed by atoms with E-state index >= 15 is 0 Å². The summed E-state index contributed by atoms with van der Waals surface area (Å²) in [5.41, 5.74) is 2.63. The van der Waals surface area contributed by atoms with Gasteiger partial charge in [0.1, 0.15) is 11.4 Å². The van der Waals surface area contributed by atoms with Crippen LogP contribution in [0.5, 0.6) is 5.75 Å². The molecule has 3 aromatic carbocycles. The summed E-state index contributed by atoms with van der Waals surface area (Å²) in [4.78, 5) is 36.7. The van der Waals surface area contributed by atoms with Crippen molar-refractivity contribution >= 4 is 29.5 Å². The van der Waals surface area contributed by atoms with Gasteiger partial charge in [-0.25, -0.2) is 4.79 Å². The summed E-state index contributed by atoms with van der Waals surface area (Å²) in [7, 11) is 1.56. The number of ether oxygens (including phenoxy) is 1. The van der Waals surface area contributed by atoms with Gasteiger partial charge in [-0.05, 0) is 67.1 Å². The Hall–Kier alpha value is -4.39. The van der Waals surface area contributed by atoms with Crippen molar-refractivity contribution in [3.63, 3.8) is 0 Å². The van der Waals surface area contributed by atoms with Crippen molar-refractivity contribution in [2.45, 2.75) is 6.92 Å². The first-order chi connectivity index (χ1) is 15.4. The molecule has 7 nitrogen and oxygen atoms in total. The number of aryl methyl sites for hydroxylation is 1.